The molecule has 34 heavy (non-hydrogen) atoms. The molecule has 0 spiro atoms. The van der Waals surface area contributed by atoms with Crippen LogP contribution in [0.2, 0.25) is 0 Å². The van der Waals surface area contributed by atoms with Crippen LogP contribution in [-0.4, -0.2) is 0 Å². The fourth-order valence-electron chi connectivity index (χ4n) is 5.27. The lowest BCUT2D eigenvalue weighted by molar-refractivity contribution is 1.78. The minimum atomic E-state index is 1.12. The monoisotopic (exact) mass is 466 g/mol. The van der Waals surface area contributed by atoms with E-state index in [1.807, 2.05) is 36.5 Å². The van der Waals surface area contributed by atoms with E-state index in [9.17, 15) is 0 Å². The van der Waals surface area contributed by atoms with Crippen LogP contribution in [0, 0.1) is 23.7 Å². The zero-order valence-corrected chi connectivity index (χ0v) is 20.4. The molecule has 0 unspecified atom stereocenters. The molecule has 0 aliphatic rings. The second-order valence-corrected chi connectivity index (χ2v) is 10.5. The van der Waals surface area contributed by atoms with Crippen molar-refractivity contribution < 1.29 is 0 Å². The first-order chi connectivity index (χ1) is 16.8. The molecular weight excluding hydrogens is 448 g/mol. The molecule has 158 valence electrons. The van der Waals surface area contributed by atoms with Crippen LogP contribution in [0.3, 0.4) is 0 Å². The normalized spacial score (nSPS) is 11.4. The standard InChI is InChI=1S/C32H18S2/c1-3-9-21-23-15-17-26-20-12-6-8-14-28(20)34-32(26)30(23)22(10-4-2)24-16-18-25-19-11-5-7-13-27(19)33-31(25)29(21)24/h5-8,11-18H,1-2H3. The molecule has 2 heterocycles. The summed E-state index contributed by atoms with van der Waals surface area (Å²) in [5, 5.41) is 10.1. The van der Waals surface area contributed by atoms with Crippen molar-refractivity contribution in [2.45, 2.75) is 13.8 Å². The third-order valence-corrected chi connectivity index (χ3v) is 9.04. The van der Waals surface area contributed by atoms with Gasteiger partial charge in [0.2, 0.25) is 0 Å². The van der Waals surface area contributed by atoms with Gasteiger partial charge in [-0.1, -0.05) is 72.5 Å². The van der Waals surface area contributed by atoms with Gasteiger partial charge in [0, 0.05) is 73.0 Å². The van der Waals surface area contributed by atoms with Crippen LogP contribution in [-0.2, 0) is 0 Å². The molecule has 0 saturated carbocycles. The topological polar surface area (TPSA) is 0 Å². The maximum Gasteiger partial charge on any atom is 0.0447 e. The fourth-order valence-corrected chi connectivity index (χ4v) is 7.78. The zero-order valence-electron chi connectivity index (χ0n) is 18.7. The Kier molecular flexibility index (Phi) is 4.24. The summed E-state index contributed by atoms with van der Waals surface area (Å²) < 4.78 is 5.22. The van der Waals surface area contributed by atoms with Gasteiger partial charge in [-0.2, -0.15) is 0 Å². The molecule has 0 fully saturated rings. The van der Waals surface area contributed by atoms with Crippen molar-refractivity contribution >= 4 is 84.6 Å². The third kappa shape index (κ3) is 2.56. The highest BCUT2D eigenvalue weighted by Gasteiger charge is 2.20. The number of thiophene rings is 2. The highest BCUT2D eigenvalue weighted by atomic mass is 32.1. The van der Waals surface area contributed by atoms with Crippen molar-refractivity contribution in [1.82, 2.24) is 0 Å². The molecule has 0 aliphatic carbocycles. The Balaban J connectivity index is 1.81. The van der Waals surface area contributed by atoms with E-state index in [0.29, 0.717) is 0 Å². The quantitative estimate of drug-likeness (QED) is 0.154. The minimum absolute atomic E-state index is 1.12. The Morgan fingerprint density at radius 1 is 0.471 bits per heavy atom. The summed E-state index contributed by atoms with van der Waals surface area (Å²) in [5.74, 6) is 13.5. The molecule has 0 amide bonds. The molecule has 0 saturated heterocycles. The van der Waals surface area contributed by atoms with Crippen molar-refractivity contribution in [3.05, 3.63) is 83.9 Å². The molecule has 2 heteroatoms. The Morgan fingerprint density at radius 3 is 1.32 bits per heavy atom. The smallest absolute Gasteiger partial charge is 0.0447 e. The summed E-state index contributed by atoms with van der Waals surface area (Å²) in [7, 11) is 0. The average molecular weight is 467 g/mol. The van der Waals surface area contributed by atoms with E-state index in [0.717, 1.165) is 11.1 Å². The molecule has 0 atom stereocenters. The van der Waals surface area contributed by atoms with E-state index in [2.05, 4.69) is 96.5 Å². The summed E-state index contributed by atoms with van der Waals surface area (Å²) in [6, 6.07) is 26.4. The number of hydrogen-bond donors (Lipinski definition) is 0. The molecule has 2 aromatic heterocycles. The van der Waals surface area contributed by atoms with Gasteiger partial charge in [0.25, 0.3) is 0 Å². The maximum atomic E-state index is 3.51. The Hall–Kier alpha value is -3.82. The van der Waals surface area contributed by atoms with Gasteiger partial charge < -0.3 is 0 Å². The van der Waals surface area contributed by atoms with Crippen LogP contribution >= 0.6 is 22.7 Å². The number of fused-ring (bicyclic) bond motifs is 10. The second-order valence-electron chi connectivity index (χ2n) is 8.43. The van der Waals surface area contributed by atoms with Crippen LogP contribution in [0.25, 0.3) is 61.9 Å². The van der Waals surface area contributed by atoms with Gasteiger partial charge in [0.1, 0.15) is 0 Å². The predicted molar refractivity (Wildman–Crippen MR) is 152 cm³/mol. The Labute approximate surface area is 205 Å². The van der Waals surface area contributed by atoms with Crippen molar-refractivity contribution in [3.63, 3.8) is 0 Å². The summed E-state index contributed by atoms with van der Waals surface area (Å²) >= 11 is 3.72. The van der Waals surface area contributed by atoms with E-state index in [1.54, 1.807) is 0 Å². The summed E-state index contributed by atoms with van der Waals surface area (Å²) in [6.45, 7) is 3.86. The number of rotatable bonds is 0. The lowest BCUT2D eigenvalue weighted by Crippen LogP contribution is -1.91. The third-order valence-electron chi connectivity index (χ3n) is 6.63. The largest absolute Gasteiger partial charge is 0.134 e. The van der Waals surface area contributed by atoms with E-state index in [-0.39, 0.29) is 0 Å². The predicted octanol–water partition coefficient (Wildman–Crippen LogP) is 9.47. The second kappa shape index (κ2) is 7.34. The molecule has 7 rings (SSSR count). The lowest BCUT2D eigenvalue weighted by atomic mass is 9.90. The molecule has 0 aliphatic heterocycles. The van der Waals surface area contributed by atoms with E-state index < -0.39 is 0 Å². The van der Waals surface area contributed by atoms with Gasteiger partial charge in [-0.15, -0.1) is 34.5 Å². The van der Waals surface area contributed by atoms with E-state index in [4.69, 9.17) is 0 Å². The molecule has 0 radical (unpaired) electrons. The Bertz CT molecular complexity index is 1940. The SMILES string of the molecule is CC#Cc1c2ccc3c4ccccc4sc3c2c(C#CC)c2ccc3c4ccccc4sc3c12. The highest BCUT2D eigenvalue weighted by molar-refractivity contribution is 7.27. The van der Waals surface area contributed by atoms with Crippen molar-refractivity contribution in [1.29, 1.82) is 0 Å². The van der Waals surface area contributed by atoms with Crippen LogP contribution in [0.5, 0.6) is 0 Å². The van der Waals surface area contributed by atoms with Gasteiger partial charge in [0.05, 0.1) is 0 Å². The van der Waals surface area contributed by atoms with Crippen molar-refractivity contribution in [3.8, 4) is 23.7 Å². The molecule has 0 N–H and O–H groups in total. The number of hydrogen-bond acceptors (Lipinski definition) is 2. The van der Waals surface area contributed by atoms with Crippen LogP contribution < -0.4 is 0 Å². The van der Waals surface area contributed by atoms with Crippen molar-refractivity contribution in [2.75, 3.05) is 0 Å². The first-order valence-corrected chi connectivity index (χ1v) is 12.9. The van der Waals surface area contributed by atoms with E-state index >= 15 is 0 Å². The summed E-state index contributed by atoms with van der Waals surface area (Å²) in [4.78, 5) is 0. The Morgan fingerprint density at radius 2 is 0.882 bits per heavy atom. The van der Waals surface area contributed by atoms with E-state index in [1.165, 1.54) is 61.9 Å². The maximum absolute atomic E-state index is 3.51. The van der Waals surface area contributed by atoms with Crippen molar-refractivity contribution in [2.24, 2.45) is 0 Å². The van der Waals surface area contributed by atoms with Gasteiger partial charge in [0.15, 0.2) is 0 Å². The molecule has 7 aromatic rings. The first-order valence-electron chi connectivity index (χ1n) is 11.3. The molecule has 0 nitrogen and oxygen atoms in total. The van der Waals surface area contributed by atoms with Crippen LogP contribution in [0.4, 0.5) is 0 Å². The van der Waals surface area contributed by atoms with Gasteiger partial charge >= 0.3 is 0 Å². The average Bonchev–Trinajstić information content (AvgIpc) is 3.44. The molecule has 5 aromatic carbocycles. The number of benzene rings is 5. The molecule has 0 bridgehead atoms. The minimum Gasteiger partial charge on any atom is -0.134 e. The van der Waals surface area contributed by atoms with Crippen LogP contribution in [0.15, 0.2) is 72.8 Å². The van der Waals surface area contributed by atoms with Gasteiger partial charge in [-0.25, -0.2) is 0 Å². The zero-order chi connectivity index (χ0) is 22.8. The first kappa shape index (κ1) is 19.6. The summed E-state index contributed by atoms with van der Waals surface area (Å²) in [6.07, 6.45) is 0. The fraction of sp³-hybridized carbons (Fsp3) is 0.0625. The highest BCUT2D eigenvalue weighted by Crippen LogP contribution is 2.46. The van der Waals surface area contributed by atoms with Gasteiger partial charge in [-0.05, 0) is 26.0 Å². The lowest BCUT2D eigenvalue weighted by Gasteiger charge is -2.13. The van der Waals surface area contributed by atoms with Crippen LogP contribution in [0.1, 0.15) is 25.0 Å². The summed E-state index contributed by atoms with van der Waals surface area (Å²) in [5.41, 5.74) is 2.23. The van der Waals surface area contributed by atoms with Gasteiger partial charge in [-0.3, -0.25) is 0 Å². The molecular formula is C32H18S2.